The number of sulfonamides is 1. The van der Waals surface area contributed by atoms with Gasteiger partial charge in [-0.2, -0.15) is 0 Å². The molecule has 3 aromatic rings. The molecule has 0 aliphatic carbocycles. The van der Waals surface area contributed by atoms with E-state index in [0.29, 0.717) is 23.5 Å². The van der Waals surface area contributed by atoms with Crippen molar-refractivity contribution >= 4 is 33.3 Å². The van der Waals surface area contributed by atoms with Gasteiger partial charge in [0.25, 0.3) is 15.9 Å². The maximum Gasteiger partial charge on any atom is 0.338 e. The van der Waals surface area contributed by atoms with Crippen molar-refractivity contribution in [1.82, 2.24) is 0 Å². The first-order valence-corrected chi connectivity index (χ1v) is 12.5. The molecule has 0 aromatic heterocycles. The second kappa shape index (κ2) is 9.79. The van der Waals surface area contributed by atoms with Gasteiger partial charge >= 0.3 is 5.97 Å². The topological polar surface area (TPSA) is 102 Å². The minimum absolute atomic E-state index is 0.0237. The minimum Gasteiger partial charge on any atom is -0.495 e. The van der Waals surface area contributed by atoms with Crippen LogP contribution in [0.1, 0.15) is 28.4 Å². The molecule has 0 saturated carbocycles. The average Bonchev–Trinajstić information content (AvgIpc) is 3.19. The number of benzene rings is 3. The molecule has 0 radical (unpaired) electrons. The van der Waals surface area contributed by atoms with Crippen LogP contribution in [0.15, 0.2) is 71.6 Å². The van der Waals surface area contributed by atoms with E-state index in [1.807, 2.05) is 32.0 Å². The fraction of sp³-hybridized carbons (Fsp3) is 0.231. The Morgan fingerprint density at radius 1 is 1.06 bits per heavy atom. The molecule has 1 heterocycles. The van der Waals surface area contributed by atoms with Gasteiger partial charge in [0.1, 0.15) is 5.75 Å². The Morgan fingerprint density at radius 2 is 1.83 bits per heavy atom. The number of rotatable bonds is 7. The second-order valence-electron chi connectivity index (χ2n) is 8.34. The smallest absolute Gasteiger partial charge is 0.338 e. The number of anilines is 2. The number of nitrogens with zero attached hydrogens (tertiary/aromatic N) is 1. The summed E-state index contributed by atoms with van der Waals surface area (Å²) in [5.74, 6) is -0.872. The van der Waals surface area contributed by atoms with Crippen molar-refractivity contribution in [2.24, 2.45) is 0 Å². The number of amides is 1. The number of methoxy groups -OCH3 is 1. The summed E-state index contributed by atoms with van der Waals surface area (Å²) in [5, 5.41) is 2.65. The Balaban J connectivity index is 1.47. The van der Waals surface area contributed by atoms with Crippen molar-refractivity contribution in [1.29, 1.82) is 0 Å². The number of esters is 1. The van der Waals surface area contributed by atoms with Crippen LogP contribution in [0.25, 0.3) is 0 Å². The number of aryl methyl sites for hydroxylation is 1. The standard InChI is InChI=1S/C26H26N2O6S/c1-17-11-12-24(33-3)22(13-17)27-25(29)16-34-26(30)20-8-6-9-21(15-20)35(31,32)28-18(2)14-19-7-4-5-10-23(19)28/h4-13,15,18H,14,16H2,1-3H3,(H,27,29). The molecule has 3 aromatic carbocycles. The predicted molar refractivity (Wildman–Crippen MR) is 132 cm³/mol. The number of hydrogen-bond donors (Lipinski definition) is 1. The van der Waals surface area contributed by atoms with Crippen LogP contribution in [-0.4, -0.2) is 40.1 Å². The Morgan fingerprint density at radius 3 is 2.60 bits per heavy atom. The van der Waals surface area contributed by atoms with E-state index in [1.165, 1.54) is 35.7 Å². The zero-order chi connectivity index (χ0) is 25.2. The molecule has 9 heteroatoms. The molecule has 8 nitrogen and oxygen atoms in total. The van der Waals surface area contributed by atoms with Gasteiger partial charge in [0, 0.05) is 6.04 Å². The lowest BCUT2D eigenvalue weighted by Gasteiger charge is -2.24. The highest BCUT2D eigenvalue weighted by atomic mass is 32.2. The van der Waals surface area contributed by atoms with E-state index in [9.17, 15) is 18.0 Å². The molecule has 1 aliphatic rings. The predicted octanol–water partition coefficient (Wildman–Crippen LogP) is 3.94. The third-order valence-corrected chi connectivity index (χ3v) is 7.66. The summed E-state index contributed by atoms with van der Waals surface area (Å²) >= 11 is 0. The lowest BCUT2D eigenvalue weighted by atomic mass is 10.1. The molecule has 35 heavy (non-hydrogen) atoms. The van der Waals surface area contributed by atoms with Gasteiger partial charge in [-0.15, -0.1) is 0 Å². The molecule has 1 amide bonds. The van der Waals surface area contributed by atoms with Crippen molar-refractivity contribution in [2.45, 2.75) is 31.2 Å². The Labute approximate surface area is 204 Å². The molecular weight excluding hydrogens is 468 g/mol. The third-order valence-electron chi connectivity index (χ3n) is 5.73. The summed E-state index contributed by atoms with van der Waals surface area (Å²) in [5.41, 5.74) is 3.01. The van der Waals surface area contributed by atoms with E-state index in [4.69, 9.17) is 9.47 Å². The van der Waals surface area contributed by atoms with E-state index in [0.717, 1.165) is 11.1 Å². The lowest BCUT2D eigenvalue weighted by molar-refractivity contribution is -0.119. The number of hydrogen-bond acceptors (Lipinski definition) is 6. The number of para-hydroxylation sites is 1. The number of nitrogens with one attached hydrogen (secondary N) is 1. The maximum atomic E-state index is 13.4. The molecule has 0 bridgehead atoms. The van der Waals surface area contributed by atoms with Crippen molar-refractivity contribution < 1.29 is 27.5 Å². The van der Waals surface area contributed by atoms with Crippen LogP contribution in [0.5, 0.6) is 5.75 Å². The Kier molecular flexibility index (Phi) is 6.79. The van der Waals surface area contributed by atoms with Crippen LogP contribution in [0.4, 0.5) is 11.4 Å². The van der Waals surface area contributed by atoms with Crippen molar-refractivity contribution in [3.63, 3.8) is 0 Å². The molecule has 0 saturated heterocycles. The number of carbonyl (C=O) groups is 2. The van der Waals surface area contributed by atoms with Gasteiger partial charge in [0.15, 0.2) is 6.61 Å². The molecule has 0 spiro atoms. The van der Waals surface area contributed by atoms with E-state index in [1.54, 1.807) is 24.3 Å². The van der Waals surface area contributed by atoms with E-state index < -0.39 is 28.5 Å². The fourth-order valence-corrected chi connectivity index (χ4v) is 5.86. The molecule has 0 fully saturated rings. The normalized spacial score (nSPS) is 14.8. The van der Waals surface area contributed by atoms with Crippen molar-refractivity contribution in [3.05, 3.63) is 83.4 Å². The van der Waals surface area contributed by atoms with Gasteiger partial charge in [-0.1, -0.05) is 30.3 Å². The number of carbonyl (C=O) groups excluding carboxylic acids is 2. The highest BCUT2D eigenvalue weighted by Crippen LogP contribution is 2.36. The Hall–Kier alpha value is -3.85. The summed E-state index contributed by atoms with van der Waals surface area (Å²) in [6.07, 6.45) is 0.609. The van der Waals surface area contributed by atoms with Crippen LogP contribution in [0.2, 0.25) is 0 Å². The zero-order valence-corrected chi connectivity index (χ0v) is 20.5. The van der Waals surface area contributed by atoms with Gasteiger partial charge in [-0.05, 0) is 67.8 Å². The molecule has 1 unspecified atom stereocenters. The summed E-state index contributed by atoms with van der Waals surface area (Å²) < 4.78 is 38.6. The van der Waals surface area contributed by atoms with Gasteiger partial charge < -0.3 is 14.8 Å². The van der Waals surface area contributed by atoms with Crippen LogP contribution in [0, 0.1) is 6.92 Å². The third kappa shape index (κ3) is 5.00. The highest BCUT2D eigenvalue weighted by Gasteiger charge is 2.36. The van der Waals surface area contributed by atoms with Gasteiger partial charge in [0.05, 0.1) is 28.9 Å². The first-order chi connectivity index (χ1) is 16.7. The van der Waals surface area contributed by atoms with Crippen LogP contribution >= 0.6 is 0 Å². The second-order valence-corrected chi connectivity index (χ2v) is 10.2. The summed E-state index contributed by atoms with van der Waals surface area (Å²) in [7, 11) is -2.42. The monoisotopic (exact) mass is 494 g/mol. The first-order valence-electron chi connectivity index (χ1n) is 11.0. The zero-order valence-electron chi connectivity index (χ0n) is 19.6. The minimum atomic E-state index is -3.91. The molecule has 182 valence electrons. The summed E-state index contributed by atoms with van der Waals surface area (Å²) in [4.78, 5) is 24.9. The van der Waals surface area contributed by atoms with Gasteiger partial charge in [-0.25, -0.2) is 13.2 Å². The molecule has 1 aliphatic heterocycles. The van der Waals surface area contributed by atoms with E-state index >= 15 is 0 Å². The number of ether oxygens (including phenoxy) is 2. The maximum absolute atomic E-state index is 13.4. The van der Waals surface area contributed by atoms with Crippen LogP contribution in [0.3, 0.4) is 0 Å². The first kappa shape index (κ1) is 24.3. The SMILES string of the molecule is COc1ccc(C)cc1NC(=O)COC(=O)c1cccc(S(=O)(=O)N2c3ccccc3CC2C)c1. The average molecular weight is 495 g/mol. The van der Waals surface area contributed by atoms with E-state index in [2.05, 4.69) is 5.32 Å². The highest BCUT2D eigenvalue weighted by molar-refractivity contribution is 7.92. The molecular formula is C26H26N2O6S. The fourth-order valence-electron chi connectivity index (χ4n) is 4.12. The van der Waals surface area contributed by atoms with Crippen LogP contribution < -0.4 is 14.4 Å². The molecule has 1 atom stereocenters. The number of fused-ring (bicyclic) bond motifs is 1. The van der Waals surface area contributed by atoms with Crippen LogP contribution in [-0.2, 0) is 26.0 Å². The summed E-state index contributed by atoms with van der Waals surface area (Å²) in [6, 6.07) is 18.1. The molecule has 1 N–H and O–H groups in total. The van der Waals surface area contributed by atoms with Crippen molar-refractivity contribution in [3.8, 4) is 5.75 Å². The lowest BCUT2D eigenvalue weighted by Crippen LogP contribution is -2.35. The summed E-state index contributed by atoms with van der Waals surface area (Å²) in [6.45, 7) is 3.18. The van der Waals surface area contributed by atoms with Gasteiger partial charge in [-0.3, -0.25) is 9.10 Å². The van der Waals surface area contributed by atoms with Crippen molar-refractivity contribution in [2.75, 3.05) is 23.3 Å². The quantitative estimate of drug-likeness (QED) is 0.499. The Bertz CT molecular complexity index is 1390. The van der Waals surface area contributed by atoms with E-state index in [-0.39, 0.29) is 16.5 Å². The largest absolute Gasteiger partial charge is 0.495 e. The van der Waals surface area contributed by atoms with Gasteiger partial charge in [0.2, 0.25) is 0 Å². The molecule has 4 rings (SSSR count).